The number of fused-ring (bicyclic) bond motifs is 1. The average Bonchev–Trinajstić information content (AvgIpc) is 2.83. The highest BCUT2D eigenvalue weighted by Crippen LogP contribution is 2.33. The number of amides is 1. The van der Waals surface area contributed by atoms with Gasteiger partial charge in [-0.25, -0.2) is 13.2 Å². The molecule has 3 aromatic rings. The first-order valence-corrected chi connectivity index (χ1v) is 12.4. The maximum Gasteiger partial charge on any atom is 0.410 e. The van der Waals surface area contributed by atoms with E-state index in [2.05, 4.69) is 4.98 Å². The van der Waals surface area contributed by atoms with Crippen molar-refractivity contribution in [1.82, 2.24) is 9.88 Å². The van der Waals surface area contributed by atoms with Gasteiger partial charge in [-0.1, -0.05) is 29.8 Å². The van der Waals surface area contributed by atoms with Crippen molar-refractivity contribution in [3.05, 3.63) is 89.2 Å². The smallest absolute Gasteiger partial charge is 0.410 e. The van der Waals surface area contributed by atoms with Crippen LogP contribution >= 0.6 is 11.6 Å². The average molecular weight is 486 g/mol. The van der Waals surface area contributed by atoms with E-state index in [1.165, 1.54) is 16.4 Å². The predicted molar refractivity (Wildman–Crippen MR) is 127 cm³/mol. The maximum atomic E-state index is 13.4. The number of pyridine rings is 1. The number of aromatic nitrogens is 1. The molecule has 0 N–H and O–H groups in total. The van der Waals surface area contributed by atoms with E-state index in [0.717, 1.165) is 11.1 Å². The van der Waals surface area contributed by atoms with E-state index in [1.807, 2.05) is 31.2 Å². The monoisotopic (exact) mass is 485 g/mol. The van der Waals surface area contributed by atoms with Crippen LogP contribution in [-0.2, 0) is 27.7 Å². The molecule has 1 amide bonds. The van der Waals surface area contributed by atoms with Crippen molar-refractivity contribution in [3.63, 3.8) is 0 Å². The summed E-state index contributed by atoms with van der Waals surface area (Å²) in [7, 11) is -3.87. The number of ether oxygens (including phenoxy) is 1. The summed E-state index contributed by atoms with van der Waals surface area (Å²) in [6.07, 6.45) is 2.67. The third kappa shape index (κ3) is 5.12. The minimum atomic E-state index is -3.87. The second-order valence-corrected chi connectivity index (χ2v) is 10.00. The lowest BCUT2D eigenvalue weighted by molar-refractivity contribution is 0.0643. The first-order valence-electron chi connectivity index (χ1n) is 10.6. The Labute approximate surface area is 198 Å². The van der Waals surface area contributed by atoms with Crippen LogP contribution in [0.5, 0.6) is 0 Å². The van der Waals surface area contributed by atoms with Crippen molar-refractivity contribution in [1.29, 1.82) is 0 Å². The lowest BCUT2D eigenvalue weighted by Gasteiger charge is -2.35. The first kappa shape index (κ1) is 23.1. The van der Waals surface area contributed by atoms with E-state index in [9.17, 15) is 13.2 Å². The highest BCUT2D eigenvalue weighted by molar-refractivity contribution is 7.92. The summed E-state index contributed by atoms with van der Waals surface area (Å²) in [5.74, 6) is 0. The van der Waals surface area contributed by atoms with Crippen LogP contribution < -0.4 is 4.31 Å². The van der Waals surface area contributed by atoms with Crippen molar-refractivity contribution < 1.29 is 17.9 Å². The van der Waals surface area contributed by atoms with E-state index < -0.39 is 22.2 Å². The molecule has 0 fully saturated rings. The fourth-order valence-electron chi connectivity index (χ4n) is 3.79. The van der Waals surface area contributed by atoms with E-state index in [1.54, 1.807) is 41.6 Å². The van der Waals surface area contributed by atoms with Gasteiger partial charge in [-0.3, -0.25) is 9.29 Å². The zero-order chi connectivity index (χ0) is 23.4. The van der Waals surface area contributed by atoms with Gasteiger partial charge in [0.05, 0.1) is 17.1 Å². The van der Waals surface area contributed by atoms with Crippen LogP contribution in [0.4, 0.5) is 10.5 Å². The number of hydrogen-bond acceptors (Lipinski definition) is 5. The zero-order valence-electron chi connectivity index (χ0n) is 18.1. The van der Waals surface area contributed by atoms with Gasteiger partial charge in [-0.15, -0.1) is 0 Å². The first-order chi connectivity index (χ1) is 15.9. The molecular formula is C24H24ClN3O4S. The Morgan fingerprint density at radius 2 is 1.82 bits per heavy atom. The van der Waals surface area contributed by atoms with Crippen molar-refractivity contribution in [2.24, 2.45) is 0 Å². The normalized spacial score (nSPS) is 15.6. The molecule has 2 aromatic carbocycles. The molecule has 0 saturated heterocycles. The van der Waals surface area contributed by atoms with Crippen LogP contribution in [-0.4, -0.2) is 43.6 Å². The lowest BCUT2D eigenvalue weighted by atomic mass is 10.0. The molecule has 172 valence electrons. The number of sulfonamides is 1. The highest BCUT2D eigenvalue weighted by Gasteiger charge is 2.35. The van der Waals surface area contributed by atoms with Gasteiger partial charge in [0.1, 0.15) is 6.10 Å². The number of benzene rings is 2. The fraction of sp³-hybridized carbons (Fsp3) is 0.250. The van der Waals surface area contributed by atoms with Crippen molar-refractivity contribution in [3.8, 4) is 0 Å². The quantitative estimate of drug-likeness (QED) is 0.513. The summed E-state index contributed by atoms with van der Waals surface area (Å²) >= 11 is 5.94. The van der Waals surface area contributed by atoms with Gasteiger partial charge in [-0.2, -0.15) is 0 Å². The second kappa shape index (κ2) is 9.80. The number of nitrogens with zero attached hydrogens (tertiary/aromatic N) is 3. The molecule has 0 aliphatic carbocycles. The Kier molecular flexibility index (Phi) is 6.85. The molecule has 0 bridgehead atoms. The van der Waals surface area contributed by atoms with Gasteiger partial charge in [-0.05, 0) is 60.5 Å². The summed E-state index contributed by atoms with van der Waals surface area (Å²) in [6.45, 7) is 2.74. The molecular weight excluding hydrogens is 462 g/mol. The van der Waals surface area contributed by atoms with Crippen molar-refractivity contribution >= 4 is 33.4 Å². The minimum absolute atomic E-state index is 0.0283. The lowest BCUT2D eigenvalue weighted by Crippen LogP contribution is -2.45. The molecule has 33 heavy (non-hydrogen) atoms. The molecule has 7 nitrogen and oxygen atoms in total. The highest BCUT2D eigenvalue weighted by atomic mass is 35.5. The Hall–Kier alpha value is -3.10. The molecule has 0 unspecified atom stereocenters. The molecule has 0 saturated carbocycles. The molecule has 0 radical (unpaired) electrons. The van der Waals surface area contributed by atoms with Crippen LogP contribution in [0.25, 0.3) is 0 Å². The third-order valence-electron chi connectivity index (χ3n) is 5.51. The topological polar surface area (TPSA) is 79.8 Å². The second-order valence-electron chi connectivity index (χ2n) is 7.70. The van der Waals surface area contributed by atoms with E-state index in [-0.39, 0.29) is 11.4 Å². The van der Waals surface area contributed by atoms with E-state index >= 15 is 0 Å². The predicted octanol–water partition coefficient (Wildman–Crippen LogP) is 4.51. The van der Waals surface area contributed by atoms with Gasteiger partial charge in [0.2, 0.25) is 0 Å². The molecule has 2 heterocycles. The van der Waals surface area contributed by atoms with Gasteiger partial charge < -0.3 is 9.64 Å². The number of rotatable bonds is 6. The SMILES string of the molecule is CCN(Cc1ccncc1)C(=O)O[C@H]1Cc2ccccc2N(S(=O)(=O)c2ccc(Cl)cc2)C1. The number of carbonyl (C=O) groups excluding carboxylic acids is 1. The fourth-order valence-corrected chi connectivity index (χ4v) is 5.45. The van der Waals surface area contributed by atoms with E-state index in [4.69, 9.17) is 16.3 Å². The van der Waals surface area contributed by atoms with Crippen LogP contribution in [0.3, 0.4) is 0 Å². The Morgan fingerprint density at radius 3 is 2.52 bits per heavy atom. The number of hydrogen-bond donors (Lipinski definition) is 0. The van der Waals surface area contributed by atoms with Crippen LogP contribution in [0.2, 0.25) is 5.02 Å². The summed E-state index contributed by atoms with van der Waals surface area (Å²) in [5, 5.41) is 0.452. The summed E-state index contributed by atoms with van der Waals surface area (Å²) in [6, 6.07) is 17.0. The Morgan fingerprint density at radius 1 is 1.12 bits per heavy atom. The molecule has 1 aromatic heterocycles. The molecule has 4 rings (SSSR count). The molecule has 9 heteroatoms. The molecule has 1 atom stereocenters. The van der Waals surface area contributed by atoms with Crippen LogP contribution in [0, 0.1) is 0 Å². The summed E-state index contributed by atoms with van der Waals surface area (Å²) in [4.78, 5) is 18.6. The third-order valence-corrected chi connectivity index (χ3v) is 7.56. The summed E-state index contributed by atoms with van der Waals surface area (Å²) < 4.78 is 34.0. The number of para-hydroxylation sites is 1. The largest absolute Gasteiger partial charge is 0.444 e. The minimum Gasteiger partial charge on any atom is -0.444 e. The number of anilines is 1. The van der Waals surface area contributed by atoms with E-state index in [0.29, 0.717) is 30.2 Å². The standard InChI is InChI=1S/C24H24ClN3O4S/c1-2-27(16-18-11-13-26-14-12-18)24(29)32-21-15-19-5-3-4-6-23(19)28(17-21)33(30,31)22-9-7-20(25)8-10-22/h3-14,21H,2,15-17H2,1H3/t21-/m0/s1. The molecule has 1 aliphatic rings. The summed E-state index contributed by atoms with van der Waals surface area (Å²) in [5.41, 5.74) is 2.32. The Bertz CT molecular complexity index is 1220. The molecule has 1 aliphatic heterocycles. The van der Waals surface area contributed by atoms with Crippen molar-refractivity contribution in [2.45, 2.75) is 30.9 Å². The van der Waals surface area contributed by atoms with Crippen LogP contribution in [0.15, 0.2) is 78.0 Å². The van der Waals surface area contributed by atoms with Gasteiger partial charge in [0.15, 0.2) is 0 Å². The maximum absolute atomic E-state index is 13.4. The van der Waals surface area contributed by atoms with Gasteiger partial charge >= 0.3 is 6.09 Å². The van der Waals surface area contributed by atoms with Gasteiger partial charge in [0.25, 0.3) is 10.0 Å². The zero-order valence-corrected chi connectivity index (χ0v) is 19.7. The molecule has 0 spiro atoms. The Balaban J connectivity index is 1.57. The number of halogens is 1. The number of carbonyl (C=O) groups is 1. The van der Waals surface area contributed by atoms with Gasteiger partial charge in [0, 0.05) is 36.9 Å². The van der Waals surface area contributed by atoms with Crippen molar-refractivity contribution in [2.75, 3.05) is 17.4 Å². The van der Waals surface area contributed by atoms with Crippen LogP contribution in [0.1, 0.15) is 18.1 Å².